The van der Waals surface area contributed by atoms with Crippen LogP contribution in [0.5, 0.6) is 0 Å². The SMILES string of the molecule is COC1[C@H](CO)O[C@H](n2cnc3c(N)ncnc32)[C@]1(C)F. The fourth-order valence-corrected chi connectivity index (χ4v) is 2.77. The molecule has 8 nitrogen and oxygen atoms in total. The number of nitrogens with two attached hydrogens (primary N) is 1. The fourth-order valence-electron chi connectivity index (χ4n) is 2.77. The van der Waals surface area contributed by atoms with Crippen molar-refractivity contribution in [3.63, 3.8) is 0 Å². The molecule has 4 atom stereocenters. The minimum atomic E-state index is -1.87. The summed E-state index contributed by atoms with van der Waals surface area (Å²) in [5, 5.41) is 9.33. The smallest absolute Gasteiger partial charge is 0.181 e. The van der Waals surface area contributed by atoms with Gasteiger partial charge >= 0.3 is 0 Å². The highest BCUT2D eigenvalue weighted by Crippen LogP contribution is 2.43. The second-order valence-corrected chi connectivity index (χ2v) is 5.10. The lowest BCUT2D eigenvalue weighted by molar-refractivity contribution is -0.0569. The number of imidazole rings is 1. The van der Waals surface area contributed by atoms with Crippen LogP contribution in [-0.2, 0) is 9.47 Å². The second-order valence-electron chi connectivity index (χ2n) is 5.10. The van der Waals surface area contributed by atoms with Gasteiger partial charge in [-0.2, -0.15) is 0 Å². The standard InChI is InChI=1S/C12H16FN5O3/c1-12(13)8(20-2)6(3-19)21-11(12)18-5-17-7-9(14)15-4-16-10(7)18/h4-6,8,11,19H,3H2,1-2H3,(H2,14,15,16)/t6-,8?,11-,12+/m0/s1. The van der Waals surface area contributed by atoms with E-state index in [-0.39, 0.29) is 12.4 Å². The number of methoxy groups -OCH3 is 1. The van der Waals surface area contributed by atoms with E-state index in [0.717, 1.165) is 0 Å². The molecular formula is C12H16FN5O3. The summed E-state index contributed by atoms with van der Waals surface area (Å²) in [5.74, 6) is 0.208. The molecule has 0 aromatic carbocycles. The molecule has 21 heavy (non-hydrogen) atoms. The van der Waals surface area contributed by atoms with Gasteiger partial charge in [0.25, 0.3) is 0 Å². The Morgan fingerprint density at radius 1 is 1.52 bits per heavy atom. The number of nitrogen functional groups attached to an aromatic ring is 1. The van der Waals surface area contributed by atoms with E-state index in [2.05, 4.69) is 15.0 Å². The van der Waals surface area contributed by atoms with Crippen LogP contribution in [0.3, 0.4) is 0 Å². The van der Waals surface area contributed by atoms with Gasteiger partial charge in [0, 0.05) is 7.11 Å². The Hall–Kier alpha value is -1.84. The Morgan fingerprint density at radius 3 is 2.90 bits per heavy atom. The molecule has 3 rings (SSSR count). The number of anilines is 1. The van der Waals surface area contributed by atoms with Crippen LogP contribution in [0.1, 0.15) is 13.2 Å². The van der Waals surface area contributed by atoms with Gasteiger partial charge in [0.2, 0.25) is 0 Å². The van der Waals surface area contributed by atoms with Crippen molar-refractivity contribution in [2.45, 2.75) is 31.0 Å². The number of aromatic nitrogens is 4. The topological polar surface area (TPSA) is 108 Å². The van der Waals surface area contributed by atoms with Gasteiger partial charge < -0.3 is 20.3 Å². The fraction of sp³-hybridized carbons (Fsp3) is 0.583. The van der Waals surface area contributed by atoms with Crippen molar-refractivity contribution in [3.8, 4) is 0 Å². The highest BCUT2D eigenvalue weighted by Gasteiger charge is 2.56. The zero-order chi connectivity index (χ0) is 15.2. The first kappa shape index (κ1) is 14.1. The largest absolute Gasteiger partial charge is 0.394 e. The summed E-state index contributed by atoms with van der Waals surface area (Å²) in [6.45, 7) is 1.01. The lowest BCUT2D eigenvalue weighted by Crippen LogP contribution is -2.42. The molecule has 0 aliphatic carbocycles. The van der Waals surface area contributed by atoms with E-state index in [1.807, 2.05) is 0 Å². The van der Waals surface area contributed by atoms with Crippen molar-refractivity contribution in [1.82, 2.24) is 19.5 Å². The van der Waals surface area contributed by atoms with Crippen LogP contribution in [0.15, 0.2) is 12.7 Å². The third kappa shape index (κ3) is 1.96. The molecule has 3 N–H and O–H groups in total. The van der Waals surface area contributed by atoms with Crippen molar-refractivity contribution in [2.24, 2.45) is 0 Å². The summed E-state index contributed by atoms with van der Waals surface area (Å²) < 4.78 is 27.3. The molecule has 0 bridgehead atoms. The van der Waals surface area contributed by atoms with Crippen LogP contribution in [-0.4, -0.2) is 56.2 Å². The van der Waals surface area contributed by atoms with Gasteiger partial charge in [-0.1, -0.05) is 0 Å². The van der Waals surface area contributed by atoms with E-state index in [1.165, 1.54) is 31.3 Å². The van der Waals surface area contributed by atoms with Crippen molar-refractivity contribution in [1.29, 1.82) is 0 Å². The van der Waals surface area contributed by atoms with E-state index in [4.69, 9.17) is 15.2 Å². The number of aliphatic hydroxyl groups is 1. The molecule has 1 saturated heterocycles. The van der Waals surface area contributed by atoms with Crippen molar-refractivity contribution >= 4 is 17.0 Å². The second kappa shape index (κ2) is 4.86. The first-order valence-electron chi connectivity index (χ1n) is 6.41. The minimum Gasteiger partial charge on any atom is -0.394 e. The molecule has 0 amide bonds. The summed E-state index contributed by atoms with van der Waals surface area (Å²) in [7, 11) is 1.38. The summed E-state index contributed by atoms with van der Waals surface area (Å²) in [6, 6.07) is 0. The Balaban J connectivity index is 2.08. The van der Waals surface area contributed by atoms with Crippen LogP contribution in [0.4, 0.5) is 10.2 Å². The molecule has 2 aromatic rings. The Kier molecular flexibility index (Phi) is 3.27. The first-order valence-corrected chi connectivity index (χ1v) is 6.41. The predicted molar refractivity (Wildman–Crippen MR) is 71.0 cm³/mol. The van der Waals surface area contributed by atoms with E-state index in [9.17, 15) is 5.11 Å². The molecule has 1 unspecified atom stereocenters. The van der Waals surface area contributed by atoms with Crippen molar-refractivity contribution < 1.29 is 19.0 Å². The van der Waals surface area contributed by atoms with Crippen LogP contribution < -0.4 is 5.73 Å². The molecule has 0 saturated carbocycles. The van der Waals surface area contributed by atoms with Gasteiger partial charge in [-0.15, -0.1) is 0 Å². The number of fused-ring (bicyclic) bond motifs is 1. The first-order chi connectivity index (χ1) is 10.0. The maximum absolute atomic E-state index is 15.1. The van der Waals surface area contributed by atoms with Crippen LogP contribution in [0.25, 0.3) is 11.2 Å². The van der Waals surface area contributed by atoms with Crippen molar-refractivity contribution in [2.75, 3.05) is 19.5 Å². The van der Waals surface area contributed by atoms with Gasteiger partial charge in [0.15, 0.2) is 23.4 Å². The molecule has 1 aliphatic rings. The van der Waals surface area contributed by atoms with Crippen molar-refractivity contribution in [3.05, 3.63) is 12.7 Å². The number of alkyl halides is 1. The van der Waals surface area contributed by atoms with Gasteiger partial charge in [-0.25, -0.2) is 19.3 Å². The number of nitrogens with zero attached hydrogens (tertiary/aromatic N) is 4. The number of hydrogen-bond donors (Lipinski definition) is 2. The molecular weight excluding hydrogens is 281 g/mol. The molecule has 1 aliphatic heterocycles. The number of ether oxygens (including phenoxy) is 2. The Morgan fingerprint density at radius 2 is 2.29 bits per heavy atom. The maximum Gasteiger partial charge on any atom is 0.181 e. The lowest BCUT2D eigenvalue weighted by Gasteiger charge is -2.26. The zero-order valence-corrected chi connectivity index (χ0v) is 11.6. The van der Waals surface area contributed by atoms with E-state index >= 15 is 4.39 Å². The Labute approximate surface area is 119 Å². The monoisotopic (exact) mass is 297 g/mol. The third-order valence-corrected chi connectivity index (χ3v) is 3.75. The molecule has 0 radical (unpaired) electrons. The summed E-state index contributed by atoms with van der Waals surface area (Å²) in [6.07, 6.45) is -0.0304. The average Bonchev–Trinajstić information content (AvgIpc) is 2.97. The van der Waals surface area contributed by atoms with Crippen LogP contribution in [0.2, 0.25) is 0 Å². The quantitative estimate of drug-likeness (QED) is 0.823. The van der Waals surface area contributed by atoms with E-state index in [1.54, 1.807) is 0 Å². The zero-order valence-electron chi connectivity index (χ0n) is 11.6. The number of rotatable bonds is 3. The molecule has 2 aromatic heterocycles. The summed E-state index contributed by atoms with van der Waals surface area (Å²) >= 11 is 0. The highest BCUT2D eigenvalue weighted by molar-refractivity contribution is 5.81. The van der Waals surface area contributed by atoms with Crippen LogP contribution >= 0.6 is 0 Å². The van der Waals surface area contributed by atoms with Crippen LogP contribution in [0, 0.1) is 0 Å². The molecule has 3 heterocycles. The summed E-state index contributed by atoms with van der Waals surface area (Å²) in [4.78, 5) is 12.0. The van der Waals surface area contributed by atoms with Gasteiger partial charge in [-0.05, 0) is 6.92 Å². The number of halogens is 1. The Bertz CT molecular complexity index is 661. The number of aliphatic hydroxyl groups excluding tert-OH is 1. The van der Waals surface area contributed by atoms with Gasteiger partial charge in [-0.3, -0.25) is 4.57 Å². The molecule has 1 fully saturated rings. The average molecular weight is 297 g/mol. The van der Waals surface area contributed by atoms with E-state index < -0.39 is 24.1 Å². The highest BCUT2D eigenvalue weighted by atomic mass is 19.1. The lowest BCUT2D eigenvalue weighted by atomic mass is 9.98. The molecule has 114 valence electrons. The van der Waals surface area contributed by atoms with E-state index in [0.29, 0.717) is 11.2 Å². The van der Waals surface area contributed by atoms with Gasteiger partial charge in [0.1, 0.15) is 24.1 Å². The third-order valence-electron chi connectivity index (χ3n) is 3.75. The maximum atomic E-state index is 15.1. The normalized spacial score (nSPS) is 32.9. The molecule has 0 spiro atoms. The van der Waals surface area contributed by atoms with Gasteiger partial charge in [0.05, 0.1) is 12.9 Å². The summed E-state index contributed by atoms with van der Waals surface area (Å²) in [5.41, 5.74) is 4.59. The number of hydrogen-bond acceptors (Lipinski definition) is 7. The minimum absolute atomic E-state index is 0.208. The predicted octanol–water partition coefficient (Wildman–Crippen LogP) is 0.0414. The molecule has 9 heteroatoms.